The minimum atomic E-state index is -0.758. The summed E-state index contributed by atoms with van der Waals surface area (Å²) in [5.41, 5.74) is 0. The van der Waals surface area contributed by atoms with Crippen LogP contribution in [0.2, 0.25) is 0 Å². The maximum atomic E-state index is 12.7. The fraction of sp³-hybridized carbons (Fsp3) is 0.942. The van der Waals surface area contributed by atoms with Crippen molar-refractivity contribution >= 4 is 17.9 Å². The quantitative estimate of drug-likeness (QED) is 0.0346. The van der Waals surface area contributed by atoms with Gasteiger partial charge in [-0.05, 0) is 19.3 Å². The van der Waals surface area contributed by atoms with Gasteiger partial charge in [-0.2, -0.15) is 0 Å². The van der Waals surface area contributed by atoms with Crippen LogP contribution in [0, 0.1) is 0 Å². The molecule has 0 N–H and O–H groups in total. The van der Waals surface area contributed by atoms with E-state index in [4.69, 9.17) is 14.2 Å². The first kappa shape index (κ1) is 56.4. The largest absolute Gasteiger partial charge is 0.462 e. The molecule has 0 saturated heterocycles. The van der Waals surface area contributed by atoms with Crippen LogP contribution in [0.4, 0.5) is 0 Å². The lowest BCUT2D eigenvalue weighted by Gasteiger charge is -2.18. The maximum Gasteiger partial charge on any atom is 0.306 e. The normalized spacial score (nSPS) is 11.8. The summed E-state index contributed by atoms with van der Waals surface area (Å²) in [5.74, 6) is -0.852. The van der Waals surface area contributed by atoms with E-state index in [2.05, 4.69) is 20.8 Å². The zero-order valence-electron chi connectivity index (χ0n) is 39.3. The summed E-state index contributed by atoms with van der Waals surface area (Å²) >= 11 is 0. The summed E-state index contributed by atoms with van der Waals surface area (Å²) < 4.78 is 16.7. The number of carbonyl (C=O) groups excluding carboxylic acids is 3. The zero-order chi connectivity index (χ0) is 42.3. The van der Waals surface area contributed by atoms with Crippen LogP contribution >= 0.6 is 0 Å². The van der Waals surface area contributed by atoms with Crippen LogP contribution in [0.3, 0.4) is 0 Å². The Morgan fingerprint density at radius 3 is 0.690 bits per heavy atom. The average Bonchev–Trinajstić information content (AvgIpc) is 3.22. The first-order chi connectivity index (χ1) is 28.5. The van der Waals surface area contributed by atoms with Crippen molar-refractivity contribution in [3.8, 4) is 0 Å². The van der Waals surface area contributed by atoms with Crippen LogP contribution in [0.1, 0.15) is 297 Å². The predicted molar refractivity (Wildman–Crippen MR) is 247 cm³/mol. The van der Waals surface area contributed by atoms with Crippen molar-refractivity contribution in [2.75, 3.05) is 13.2 Å². The van der Waals surface area contributed by atoms with Crippen molar-refractivity contribution in [3.63, 3.8) is 0 Å². The number of hydrogen-bond donors (Lipinski definition) is 0. The standard InChI is InChI=1S/C52H100O6/c1-4-7-10-13-16-18-20-21-22-23-24-25-26-27-28-29-30-32-33-36-39-42-45-51(54)57-48-49(47-56-50(53)44-41-38-35-15-12-9-6-3)58-52(55)46-43-40-37-34-31-19-17-14-11-8-5-2/h49H,4-48H2,1-3H3. The van der Waals surface area contributed by atoms with Gasteiger partial charge in [0.05, 0.1) is 0 Å². The Labute approximate surface area is 361 Å². The molecule has 6 nitrogen and oxygen atoms in total. The first-order valence-electron chi connectivity index (χ1n) is 26.0. The molecule has 1 atom stereocenters. The number of unbranched alkanes of at least 4 members (excludes halogenated alkanes) is 37. The number of hydrogen-bond acceptors (Lipinski definition) is 6. The monoisotopic (exact) mass is 821 g/mol. The van der Waals surface area contributed by atoms with E-state index in [1.165, 1.54) is 199 Å². The molecule has 0 heterocycles. The first-order valence-corrected chi connectivity index (χ1v) is 26.0. The van der Waals surface area contributed by atoms with Crippen LogP contribution in [0.15, 0.2) is 0 Å². The highest BCUT2D eigenvalue weighted by Crippen LogP contribution is 2.17. The van der Waals surface area contributed by atoms with Gasteiger partial charge in [0.1, 0.15) is 13.2 Å². The number of ether oxygens (including phenoxy) is 3. The molecule has 0 bridgehead atoms. The molecule has 0 rings (SSSR count). The molecule has 0 saturated carbocycles. The van der Waals surface area contributed by atoms with Gasteiger partial charge < -0.3 is 14.2 Å². The topological polar surface area (TPSA) is 78.9 Å². The van der Waals surface area contributed by atoms with E-state index in [-0.39, 0.29) is 31.1 Å². The summed E-state index contributed by atoms with van der Waals surface area (Å²) in [6, 6.07) is 0. The van der Waals surface area contributed by atoms with Crippen molar-refractivity contribution in [2.45, 2.75) is 303 Å². The van der Waals surface area contributed by atoms with Gasteiger partial charge in [0.25, 0.3) is 0 Å². The van der Waals surface area contributed by atoms with Gasteiger partial charge in [-0.25, -0.2) is 0 Å². The highest BCUT2D eigenvalue weighted by Gasteiger charge is 2.19. The van der Waals surface area contributed by atoms with Crippen molar-refractivity contribution in [1.29, 1.82) is 0 Å². The second kappa shape index (κ2) is 48.1. The Balaban J connectivity index is 4.08. The Bertz CT molecular complexity index is 859. The summed E-state index contributed by atoms with van der Waals surface area (Å²) in [5, 5.41) is 0. The van der Waals surface area contributed by atoms with Gasteiger partial charge in [0.15, 0.2) is 6.10 Å². The number of esters is 3. The van der Waals surface area contributed by atoms with E-state index in [0.29, 0.717) is 19.3 Å². The molecule has 0 aliphatic carbocycles. The Kier molecular flexibility index (Phi) is 46.8. The SMILES string of the molecule is CCCCCCCCCCCCCCCCCCCCCCCCC(=O)OCC(COC(=O)CCCCCCCCC)OC(=O)CCCCCCCCCCCCC. The van der Waals surface area contributed by atoms with E-state index >= 15 is 0 Å². The van der Waals surface area contributed by atoms with Crippen LogP contribution in [-0.2, 0) is 28.6 Å². The molecular weight excluding hydrogens is 721 g/mol. The molecule has 6 heteroatoms. The van der Waals surface area contributed by atoms with Crippen molar-refractivity contribution in [3.05, 3.63) is 0 Å². The minimum absolute atomic E-state index is 0.0627. The van der Waals surface area contributed by atoms with Crippen molar-refractivity contribution < 1.29 is 28.6 Å². The van der Waals surface area contributed by atoms with Crippen LogP contribution < -0.4 is 0 Å². The maximum absolute atomic E-state index is 12.7. The second-order valence-corrected chi connectivity index (χ2v) is 17.8. The lowest BCUT2D eigenvalue weighted by atomic mass is 10.0. The second-order valence-electron chi connectivity index (χ2n) is 17.8. The molecule has 0 aliphatic rings. The van der Waals surface area contributed by atoms with Gasteiger partial charge in [-0.15, -0.1) is 0 Å². The van der Waals surface area contributed by atoms with E-state index in [1.807, 2.05) is 0 Å². The molecule has 1 unspecified atom stereocenters. The highest BCUT2D eigenvalue weighted by molar-refractivity contribution is 5.71. The molecule has 0 spiro atoms. The van der Waals surface area contributed by atoms with E-state index in [1.54, 1.807) is 0 Å². The molecule has 0 amide bonds. The molecule has 0 aliphatic heterocycles. The molecule has 0 aromatic rings. The lowest BCUT2D eigenvalue weighted by Crippen LogP contribution is -2.30. The Morgan fingerprint density at radius 1 is 0.276 bits per heavy atom. The lowest BCUT2D eigenvalue weighted by molar-refractivity contribution is -0.167. The molecule has 0 aromatic carbocycles. The van der Waals surface area contributed by atoms with Gasteiger partial charge in [-0.1, -0.05) is 258 Å². The van der Waals surface area contributed by atoms with E-state index in [0.717, 1.165) is 57.8 Å². The predicted octanol–water partition coefficient (Wildman–Crippen LogP) is 16.8. The fourth-order valence-electron chi connectivity index (χ4n) is 7.92. The number of carbonyl (C=O) groups is 3. The molecule has 344 valence electrons. The third-order valence-corrected chi connectivity index (χ3v) is 11.9. The smallest absolute Gasteiger partial charge is 0.306 e. The molecular formula is C52H100O6. The summed E-state index contributed by atoms with van der Waals surface area (Å²) in [4.78, 5) is 37.7. The summed E-state index contributed by atoms with van der Waals surface area (Å²) in [6.45, 7) is 6.63. The minimum Gasteiger partial charge on any atom is -0.462 e. The molecule has 0 aromatic heterocycles. The fourth-order valence-corrected chi connectivity index (χ4v) is 7.92. The Hall–Kier alpha value is -1.59. The number of rotatable bonds is 48. The zero-order valence-corrected chi connectivity index (χ0v) is 39.3. The highest BCUT2D eigenvalue weighted by atomic mass is 16.6. The van der Waals surface area contributed by atoms with Crippen molar-refractivity contribution in [2.24, 2.45) is 0 Å². The summed E-state index contributed by atoms with van der Waals surface area (Å²) in [6.07, 6.45) is 51.1. The van der Waals surface area contributed by atoms with E-state index < -0.39 is 6.10 Å². The van der Waals surface area contributed by atoms with Crippen LogP contribution in [0.25, 0.3) is 0 Å². The summed E-state index contributed by atoms with van der Waals surface area (Å²) in [7, 11) is 0. The van der Waals surface area contributed by atoms with Crippen LogP contribution in [-0.4, -0.2) is 37.2 Å². The van der Waals surface area contributed by atoms with Crippen LogP contribution in [0.5, 0.6) is 0 Å². The molecule has 58 heavy (non-hydrogen) atoms. The van der Waals surface area contributed by atoms with Gasteiger partial charge >= 0.3 is 17.9 Å². The molecule has 0 fully saturated rings. The third kappa shape index (κ3) is 45.5. The van der Waals surface area contributed by atoms with Gasteiger partial charge in [0, 0.05) is 19.3 Å². The third-order valence-electron chi connectivity index (χ3n) is 11.9. The average molecular weight is 821 g/mol. The van der Waals surface area contributed by atoms with E-state index in [9.17, 15) is 14.4 Å². The Morgan fingerprint density at radius 2 is 0.466 bits per heavy atom. The molecule has 0 radical (unpaired) electrons. The van der Waals surface area contributed by atoms with Crippen molar-refractivity contribution in [1.82, 2.24) is 0 Å². The van der Waals surface area contributed by atoms with Gasteiger partial charge in [0.2, 0.25) is 0 Å². The van der Waals surface area contributed by atoms with Gasteiger partial charge in [-0.3, -0.25) is 14.4 Å².